The van der Waals surface area contributed by atoms with Crippen LogP contribution in [-0.4, -0.2) is 18.2 Å². The number of ether oxygens (including phenoxy) is 3. The van der Waals surface area contributed by atoms with E-state index in [1.807, 2.05) is 36.0 Å². The molecule has 4 nitrogen and oxygen atoms in total. The van der Waals surface area contributed by atoms with Crippen molar-refractivity contribution in [3.05, 3.63) is 97.1 Å². The molecule has 0 unspecified atom stereocenters. The van der Waals surface area contributed by atoms with E-state index in [4.69, 9.17) is 14.2 Å². The van der Waals surface area contributed by atoms with Crippen LogP contribution in [0.1, 0.15) is 39.0 Å². The summed E-state index contributed by atoms with van der Waals surface area (Å²) in [6.45, 7) is 2.10. The van der Waals surface area contributed by atoms with Gasteiger partial charge < -0.3 is 14.2 Å². The van der Waals surface area contributed by atoms with Gasteiger partial charge in [-0.2, -0.15) is 10.9 Å². The number of carbonyl (C=O) groups excluding carboxylic acids is 1. The summed E-state index contributed by atoms with van der Waals surface area (Å²) >= 11 is 1.86. The molecule has 4 aliphatic carbocycles. The third-order valence-electron chi connectivity index (χ3n) is 10.0. The second kappa shape index (κ2) is 11.0. The lowest BCUT2D eigenvalue weighted by Crippen LogP contribution is -2.58. The van der Waals surface area contributed by atoms with Crippen molar-refractivity contribution < 1.29 is 19.0 Å². The van der Waals surface area contributed by atoms with Crippen LogP contribution >= 0.6 is 22.7 Å². The van der Waals surface area contributed by atoms with Crippen molar-refractivity contribution in [3.8, 4) is 17.2 Å². The van der Waals surface area contributed by atoms with Gasteiger partial charge in [-0.1, -0.05) is 36.0 Å². The van der Waals surface area contributed by atoms with Gasteiger partial charge in [0.15, 0.2) is 6.61 Å². The van der Waals surface area contributed by atoms with Gasteiger partial charge in [0.25, 0.3) is 0 Å². The summed E-state index contributed by atoms with van der Waals surface area (Å²) in [5.41, 5.74) is -0.328. The van der Waals surface area contributed by atoms with Crippen molar-refractivity contribution in [1.29, 1.82) is 0 Å². The number of thiol groups is 1. The third kappa shape index (κ3) is 5.12. The van der Waals surface area contributed by atoms with Crippen molar-refractivity contribution in [2.45, 2.75) is 69.1 Å². The lowest BCUT2D eigenvalue weighted by molar-refractivity contribution is -0.204. The summed E-state index contributed by atoms with van der Waals surface area (Å²) in [5.74, 6) is 4.57. The molecule has 4 saturated carbocycles. The summed E-state index contributed by atoms with van der Waals surface area (Å²) < 4.78 is 18.1. The number of hydrogen-bond acceptors (Lipinski definition) is 5. The molecule has 0 atom stereocenters. The molecule has 4 aromatic rings. The van der Waals surface area contributed by atoms with E-state index in [-0.39, 0.29) is 18.2 Å². The molecule has 4 aromatic carbocycles. The highest BCUT2D eigenvalue weighted by Crippen LogP contribution is 2.62. The first-order valence-electron chi connectivity index (χ1n) is 15.4. The predicted octanol–water partition coefficient (Wildman–Crippen LogP) is 9.56. The Balaban J connectivity index is 0.896. The number of benzene rings is 4. The van der Waals surface area contributed by atoms with E-state index in [0.29, 0.717) is 17.6 Å². The van der Waals surface area contributed by atoms with Gasteiger partial charge in [-0.3, -0.25) is 0 Å². The molecule has 1 heterocycles. The molecule has 4 fully saturated rings. The van der Waals surface area contributed by atoms with Crippen LogP contribution in [0, 0.1) is 23.7 Å². The fourth-order valence-corrected chi connectivity index (χ4v) is 12.1. The monoisotopic (exact) mass is 608 g/mol. The second-order valence-corrected chi connectivity index (χ2v) is 15.9. The Hall–Kier alpha value is -3.35. The number of esters is 1. The van der Waals surface area contributed by atoms with Crippen LogP contribution in [0.3, 0.4) is 0 Å². The van der Waals surface area contributed by atoms with E-state index >= 15 is 0 Å². The van der Waals surface area contributed by atoms with Crippen molar-refractivity contribution in [1.82, 2.24) is 0 Å². The number of rotatable bonds is 7. The van der Waals surface area contributed by atoms with E-state index < -0.39 is 10.9 Å². The molecule has 1 aliphatic heterocycles. The highest BCUT2D eigenvalue weighted by Gasteiger charge is 2.57. The van der Waals surface area contributed by atoms with Crippen LogP contribution in [0.15, 0.2) is 122 Å². The van der Waals surface area contributed by atoms with Crippen LogP contribution in [0.25, 0.3) is 0 Å². The lowest BCUT2D eigenvalue weighted by atomic mass is 9.50. The van der Waals surface area contributed by atoms with Gasteiger partial charge in [0.05, 0.1) is 0 Å². The maximum Gasteiger partial charge on any atom is 0.344 e. The van der Waals surface area contributed by atoms with Crippen molar-refractivity contribution in [2.24, 2.45) is 23.7 Å². The molecular weight excluding hydrogens is 573 g/mol. The Bertz CT molecular complexity index is 1570. The van der Waals surface area contributed by atoms with Gasteiger partial charge in [0, 0.05) is 19.6 Å². The Morgan fingerprint density at radius 3 is 1.81 bits per heavy atom. The molecule has 9 rings (SSSR count). The van der Waals surface area contributed by atoms with Gasteiger partial charge in [-0.05, 0) is 140 Å². The fourth-order valence-electron chi connectivity index (χ4n) is 8.09. The van der Waals surface area contributed by atoms with Crippen LogP contribution in [0.4, 0.5) is 0 Å². The zero-order chi connectivity index (χ0) is 29.0. The van der Waals surface area contributed by atoms with Gasteiger partial charge in [0.1, 0.15) is 22.8 Å². The predicted molar refractivity (Wildman–Crippen MR) is 171 cm³/mol. The molecule has 0 saturated heterocycles. The molecule has 0 amide bonds. The van der Waals surface area contributed by atoms with Gasteiger partial charge in [-0.25, -0.2) is 4.79 Å². The molecule has 0 radical (unpaired) electrons. The largest absolute Gasteiger partial charge is 0.482 e. The van der Waals surface area contributed by atoms with Gasteiger partial charge in [-0.15, -0.1) is 0 Å². The zero-order valence-corrected chi connectivity index (χ0v) is 26.0. The molecule has 5 aliphatic rings. The fraction of sp³-hybridized carbons (Fsp3) is 0.324. The minimum atomic E-state index is -0.627. The van der Waals surface area contributed by atoms with Gasteiger partial charge >= 0.3 is 5.97 Å². The maximum atomic E-state index is 12.8. The number of hydrogen-bond donors (Lipinski definition) is 1. The molecular formula is C37H36O4S2. The third-order valence-corrected chi connectivity index (χ3v) is 14.0. The highest BCUT2D eigenvalue weighted by atomic mass is 32.2. The van der Waals surface area contributed by atoms with E-state index in [0.717, 1.165) is 23.3 Å². The van der Waals surface area contributed by atoms with E-state index in [1.165, 1.54) is 56.6 Å². The second-order valence-electron chi connectivity index (χ2n) is 12.7. The first-order chi connectivity index (χ1) is 21.0. The Labute approximate surface area is 260 Å². The standard InChI is InChI=1S/C37H36O4S2/c1-37(26-19-24-18-25(21-26)22-27(37)20-24)41-36(38)23-39-28-10-12-29(13-11-28)40-30-14-16-31(17-15-30)43-34-8-4-2-6-32(34)42-33-7-3-5-9-35(33)43/h2-17,24-27,43H,18-23H2,1H3. The average Bonchev–Trinajstić information content (AvgIpc) is 3.02. The Kier molecular flexibility index (Phi) is 6.95. The number of fused-ring (bicyclic) bond motifs is 2. The SMILES string of the molecule is CC1(OC(=O)COc2ccc(Oc3ccc([SH]4c5ccccc5Sc5ccccc54)cc3)cc2)C2CC3CC(C2)CC1C3. The Morgan fingerprint density at radius 2 is 1.23 bits per heavy atom. The quantitative estimate of drug-likeness (QED) is 0.147. The van der Waals surface area contributed by atoms with Crippen LogP contribution in [0.5, 0.6) is 17.2 Å². The molecule has 220 valence electrons. The summed E-state index contributed by atoms with van der Waals surface area (Å²) in [7, 11) is -0.627. The molecule has 4 bridgehead atoms. The Morgan fingerprint density at radius 1 is 0.721 bits per heavy atom. The number of carbonyl (C=O) groups is 1. The minimum absolute atomic E-state index is 0.0721. The van der Waals surface area contributed by atoms with E-state index in [1.54, 1.807) is 0 Å². The van der Waals surface area contributed by atoms with E-state index in [9.17, 15) is 4.79 Å². The van der Waals surface area contributed by atoms with Crippen LogP contribution in [0.2, 0.25) is 0 Å². The molecule has 6 heteroatoms. The van der Waals surface area contributed by atoms with Crippen molar-refractivity contribution in [2.75, 3.05) is 6.61 Å². The summed E-state index contributed by atoms with van der Waals surface area (Å²) in [6, 6.07) is 33.4. The lowest BCUT2D eigenvalue weighted by Gasteiger charge is -2.59. The normalized spacial score (nSPS) is 27.2. The molecule has 0 aromatic heterocycles. The minimum Gasteiger partial charge on any atom is -0.482 e. The van der Waals surface area contributed by atoms with Crippen molar-refractivity contribution in [3.63, 3.8) is 0 Å². The van der Waals surface area contributed by atoms with Crippen LogP contribution < -0.4 is 9.47 Å². The highest BCUT2D eigenvalue weighted by molar-refractivity contribution is 8.18. The smallest absolute Gasteiger partial charge is 0.344 e. The first kappa shape index (κ1) is 27.2. The zero-order valence-electron chi connectivity index (χ0n) is 24.3. The topological polar surface area (TPSA) is 44.8 Å². The molecule has 43 heavy (non-hydrogen) atoms. The van der Waals surface area contributed by atoms with Crippen LogP contribution in [-0.2, 0) is 9.53 Å². The van der Waals surface area contributed by atoms with Crippen molar-refractivity contribution >= 4 is 28.6 Å². The van der Waals surface area contributed by atoms with E-state index in [2.05, 4.69) is 79.7 Å². The maximum absolute atomic E-state index is 12.8. The summed E-state index contributed by atoms with van der Waals surface area (Å²) in [5, 5.41) is 0. The average molecular weight is 609 g/mol. The molecule has 0 spiro atoms. The summed E-state index contributed by atoms with van der Waals surface area (Å²) in [6.07, 6.45) is 6.24. The molecule has 0 N–H and O–H groups in total. The first-order valence-corrected chi connectivity index (χ1v) is 17.6. The van der Waals surface area contributed by atoms with Gasteiger partial charge in [0.2, 0.25) is 0 Å². The summed E-state index contributed by atoms with van der Waals surface area (Å²) in [4.78, 5) is 19.6.